The lowest BCUT2D eigenvalue weighted by Gasteiger charge is -2.18. The summed E-state index contributed by atoms with van der Waals surface area (Å²) in [6, 6.07) is 5.43. The van der Waals surface area contributed by atoms with Crippen molar-refractivity contribution in [2.24, 2.45) is 11.8 Å². The van der Waals surface area contributed by atoms with Gasteiger partial charge in [-0.3, -0.25) is 9.59 Å². The van der Waals surface area contributed by atoms with Crippen LogP contribution in [0.15, 0.2) is 18.2 Å². The topological polar surface area (TPSA) is 55.8 Å². The molecule has 2 amide bonds. The number of carbonyl (C=O) groups is 2. The van der Waals surface area contributed by atoms with E-state index in [1.807, 2.05) is 13.0 Å². The van der Waals surface area contributed by atoms with Gasteiger partial charge in [-0.15, -0.1) is 0 Å². The van der Waals surface area contributed by atoms with Crippen molar-refractivity contribution in [3.8, 4) is 5.75 Å². The van der Waals surface area contributed by atoms with Crippen LogP contribution >= 0.6 is 0 Å². The number of ether oxygens (including phenoxy) is 2. The van der Waals surface area contributed by atoms with E-state index in [0.29, 0.717) is 11.4 Å². The highest BCUT2D eigenvalue weighted by molar-refractivity contribution is 6.22. The van der Waals surface area contributed by atoms with Gasteiger partial charge in [0.2, 0.25) is 11.8 Å². The zero-order chi connectivity index (χ0) is 14.7. The molecule has 0 N–H and O–H groups in total. The molecule has 110 valence electrons. The second kappa shape index (κ2) is 4.31. The van der Waals surface area contributed by atoms with Gasteiger partial charge in [0, 0.05) is 6.07 Å². The first-order valence-electron chi connectivity index (χ1n) is 7.29. The molecule has 2 bridgehead atoms. The van der Waals surface area contributed by atoms with Gasteiger partial charge in [0.05, 0.1) is 36.8 Å². The molecule has 0 spiro atoms. The molecule has 0 aliphatic carbocycles. The molecule has 5 nitrogen and oxygen atoms in total. The molecule has 5 heteroatoms. The second-order valence-corrected chi connectivity index (χ2v) is 6.01. The Bertz CT molecular complexity index is 613. The van der Waals surface area contributed by atoms with E-state index in [4.69, 9.17) is 9.47 Å². The van der Waals surface area contributed by atoms with Crippen LogP contribution in [0, 0.1) is 18.8 Å². The number of rotatable bonds is 2. The molecule has 21 heavy (non-hydrogen) atoms. The van der Waals surface area contributed by atoms with Crippen molar-refractivity contribution in [1.82, 2.24) is 0 Å². The van der Waals surface area contributed by atoms with Gasteiger partial charge in [-0.1, -0.05) is 6.07 Å². The van der Waals surface area contributed by atoms with Crippen molar-refractivity contribution >= 4 is 17.5 Å². The third kappa shape index (κ3) is 1.61. The first kappa shape index (κ1) is 12.8. The summed E-state index contributed by atoms with van der Waals surface area (Å²) in [6.07, 6.45) is 1.62. The summed E-state index contributed by atoms with van der Waals surface area (Å²) in [5.41, 5.74) is 1.57. The molecule has 3 aliphatic rings. The maximum Gasteiger partial charge on any atom is 0.240 e. The van der Waals surface area contributed by atoms with Crippen LogP contribution in [0.1, 0.15) is 18.4 Å². The Labute approximate surface area is 122 Å². The van der Waals surface area contributed by atoms with Crippen molar-refractivity contribution in [3.63, 3.8) is 0 Å². The van der Waals surface area contributed by atoms with E-state index in [0.717, 1.165) is 18.4 Å². The largest absolute Gasteiger partial charge is 0.496 e. The summed E-state index contributed by atoms with van der Waals surface area (Å²) < 4.78 is 11.0. The number of methoxy groups -OCH3 is 1. The van der Waals surface area contributed by atoms with Crippen molar-refractivity contribution < 1.29 is 19.1 Å². The van der Waals surface area contributed by atoms with Gasteiger partial charge < -0.3 is 9.47 Å². The first-order chi connectivity index (χ1) is 10.1. The summed E-state index contributed by atoms with van der Waals surface area (Å²) in [6.45, 7) is 1.93. The number of nitrogens with zero attached hydrogens (tertiary/aromatic N) is 1. The minimum absolute atomic E-state index is 0.0752. The van der Waals surface area contributed by atoms with Crippen LogP contribution in [0.5, 0.6) is 5.75 Å². The maximum absolute atomic E-state index is 12.7. The van der Waals surface area contributed by atoms with E-state index in [2.05, 4.69) is 0 Å². The molecule has 3 fully saturated rings. The zero-order valence-corrected chi connectivity index (χ0v) is 12.0. The first-order valence-corrected chi connectivity index (χ1v) is 7.29. The average Bonchev–Trinajstić information content (AvgIpc) is 3.14. The van der Waals surface area contributed by atoms with E-state index in [9.17, 15) is 9.59 Å². The average molecular weight is 287 g/mol. The summed E-state index contributed by atoms with van der Waals surface area (Å²) in [7, 11) is 1.59. The molecular weight excluding hydrogens is 270 g/mol. The third-order valence-electron chi connectivity index (χ3n) is 4.93. The highest BCUT2D eigenvalue weighted by Gasteiger charge is 2.62. The Morgan fingerprint density at radius 2 is 1.76 bits per heavy atom. The minimum atomic E-state index is -0.288. The number of imide groups is 1. The summed E-state index contributed by atoms with van der Waals surface area (Å²) in [4.78, 5) is 26.6. The number of amides is 2. The Kier molecular flexibility index (Phi) is 2.63. The molecule has 3 saturated heterocycles. The van der Waals surface area contributed by atoms with Gasteiger partial charge in [-0.2, -0.15) is 0 Å². The summed E-state index contributed by atoms with van der Waals surface area (Å²) in [5, 5.41) is 0. The van der Waals surface area contributed by atoms with Crippen LogP contribution in [0.25, 0.3) is 0 Å². The van der Waals surface area contributed by atoms with Crippen LogP contribution in [-0.2, 0) is 14.3 Å². The monoisotopic (exact) mass is 287 g/mol. The molecule has 3 heterocycles. The number of fused-ring (bicyclic) bond motifs is 5. The highest BCUT2D eigenvalue weighted by atomic mass is 16.5. The van der Waals surface area contributed by atoms with Crippen molar-refractivity contribution in [1.29, 1.82) is 0 Å². The lowest BCUT2D eigenvalue weighted by atomic mass is 9.81. The number of aryl methyl sites for hydroxylation is 1. The SMILES string of the molecule is COc1cc(N2C(=O)C3C4CCC(O4)C3C2=O)ccc1C. The molecule has 0 aromatic heterocycles. The molecule has 4 unspecified atom stereocenters. The quantitative estimate of drug-likeness (QED) is 0.776. The molecule has 0 saturated carbocycles. The number of hydrogen-bond acceptors (Lipinski definition) is 4. The number of carbonyl (C=O) groups excluding carboxylic acids is 2. The van der Waals surface area contributed by atoms with Crippen LogP contribution < -0.4 is 9.64 Å². The second-order valence-electron chi connectivity index (χ2n) is 6.01. The maximum atomic E-state index is 12.7. The smallest absolute Gasteiger partial charge is 0.240 e. The van der Waals surface area contributed by atoms with Gasteiger partial charge >= 0.3 is 0 Å². The van der Waals surface area contributed by atoms with E-state index in [1.165, 1.54) is 4.90 Å². The van der Waals surface area contributed by atoms with Crippen molar-refractivity contribution in [2.75, 3.05) is 12.0 Å². The van der Waals surface area contributed by atoms with Crippen LogP contribution in [-0.4, -0.2) is 31.1 Å². The number of anilines is 1. The fourth-order valence-electron chi connectivity index (χ4n) is 3.91. The standard InChI is InChI=1S/C16H17NO4/c1-8-3-4-9(7-12(8)20-2)17-15(18)13-10-5-6-11(21-10)14(13)16(17)19/h3-4,7,10-11,13-14H,5-6H2,1-2H3. The molecule has 1 aromatic carbocycles. The molecule has 4 atom stereocenters. The number of hydrogen-bond donors (Lipinski definition) is 0. The van der Waals surface area contributed by atoms with E-state index in [1.54, 1.807) is 19.2 Å². The van der Waals surface area contributed by atoms with Crippen LogP contribution in [0.2, 0.25) is 0 Å². The molecule has 3 aliphatic heterocycles. The fourth-order valence-corrected chi connectivity index (χ4v) is 3.91. The Balaban J connectivity index is 1.73. The van der Waals surface area contributed by atoms with E-state index in [-0.39, 0.29) is 35.9 Å². The lowest BCUT2D eigenvalue weighted by Crippen LogP contribution is -2.34. The summed E-state index contributed by atoms with van der Waals surface area (Å²) >= 11 is 0. The van der Waals surface area contributed by atoms with Gasteiger partial charge in [-0.25, -0.2) is 4.90 Å². The lowest BCUT2D eigenvalue weighted by molar-refractivity contribution is -0.124. The normalized spacial score (nSPS) is 33.7. The molecule has 1 aromatic rings. The predicted molar refractivity (Wildman–Crippen MR) is 75.1 cm³/mol. The van der Waals surface area contributed by atoms with Gasteiger partial charge in [-0.05, 0) is 31.4 Å². The van der Waals surface area contributed by atoms with Crippen LogP contribution in [0.3, 0.4) is 0 Å². The van der Waals surface area contributed by atoms with E-state index < -0.39 is 0 Å². The minimum Gasteiger partial charge on any atom is -0.496 e. The predicted octanol–water partition coefficient (Wildman–Crippen LogP) is 1.67. The van der Waals surface area contributed by atoms with Crippen molar-refractivity contribution in [2.45, 2.75) is 32.0 Å². The van der Waals surface area contributed by atoms with E-state index >= 15 is 0 Å². The number of benzene rings is 1. The Hall–Kier alpha value is -1.88. The molecule has 4 rings (SSSR count). The van der Waals surface area contributed by atoms with Crippen LogP contribution in [0.4, 0.5) is 5.69 Å². The van der Waals surface area contributed by atoms with Gasteiger partial charge in [0.15, 0.2) is 0 Å². The Morgan fingerprint density at radius 3 is 2.33 bits per heavy atom. The fraction of sp³-hybridized carbons (Fsp3) is 0.500. The summed E-state index contributed by atoms with van der Waals surface area (Å²) in [5.74, 6) is -0.136. The van der Waals surface area contributed by atoms with Gasteiger partial charge in [0.1, 0.15) is 5.75 Å². The Morgan fingerprint density at radius 1 is 1.14 bits per heavy atom. The van der Waals surface area contributed by atoms with Crippen molar-refractivity contribution in [3.05, 3.63) is 23.8 Å². The third-order valence-corrected chi connectivity index (χ3v) is 4.93. The zero-order valence-electron chi connectivity index (χ0n) is 12.0. The molecular formula is C16H17NO4. The molecule has 0 radical (unpaired) electrons. The highest BCUT2D eigenvalue weighted by Crippen LogP contribution is 2.49. The van der Waals surface area contributed by atoms with Gasteiger partial charge in [0.25, 0.3) is 0 Å².